The van der Waals surface area contributed by atoms with Crippen LogP contribution >= 0.6 is 0 Å². The van der Waals surface area contributed by atoms with Crippen LogP contribution in [0.4, 0.5) is 0 Å². The van der Waals surface area contributed by atoms with Gasteiger partial charge in [0.05, 0.1) is 12.1 Å². The van der Waals surface area contributed by atoms with Gasteiger partial charge in [0, 0.05) is 26.1 Å². The lowest BCUT2D eigenvalue weighted by atomic mass is 10.1. The highest BCUT2D eigenvalue weighted by Gasteiger charge is 2.30. The van der Waals surface area contributed by atoms with Gasteiger partial charge in [0.25, 0.3) is 10.2 Å². The smallest absolute Gasteiger partial charge is 0.280 e. The van der Waals surface area contributed by atoms with Crippen LogP contribution in [-0.4, -0.2) is 49.2 Å². The molecule has 0 aliphatic carbocycles. The molecule has 0 radical (unpaired) electrons. The minimum Gasteiger partial charge on any atom is -0.381 e. The third-order valence-corrected chi connectivity index (χ3v) is 5.44. The van der Waals surface area contributed by atoms with Gasteiger partial charge in [-0.15, -0.1) is 0 Å². The number of ether oxygens (including phenoxy) is 1. The first-order valence-electron chi connectivity index (χ1n) is 7.47. The molecule has 1 atom stereocenters. The Morgan fingerprint density at radius 2 is 1.95 bits per heavy atom. The minimum absolute atomic E-state index is 0.133. The van der Waals surface area contributed by atoms with Gasteiger partial charge in [-0.25, -0.2) is 0 Å². The summed E-state index contributed by atoms with van der Waals surface area (Å²) in [6.45, 7) is 6.48. The van der Waals surface area contributed by atoms with Gasteiger partial charge >= 0.3 is 0 Å². The quantitative estimate of drug-likeness (QED) is 0.840. The zero-order chi connectivity index (χ0) is 16.3. The second kappa shape index (κ2) is 7.03. The Morgan fingerprint density at radius 1 is 1.32 bits per heavy atom. The van der Waals surface area contributed by atoms with Gasteiger partial charge in [-0.1, -0.05) is 19.0 Å². The normalized spacial score (nSPS) is 19.7. The lowest BCUT2D eigenvalue weighted by Gasteiger charge is -2.30. The Labute approximate surface area is 131 Å². The summed E-state index contributed by atoms with van der Waals surface area (Å²) in [4.78, 5) is 4.22. The maximum absolute atomic E-state index is 12.4. The number of rotatable bonds is 6. The number of aromatic nitrogens is 2. The molecule has 1 fully saturated rings. The molecule has 9 heteroatoms. The van der Waals surface area contributed by atoms with Crippen molar-refractivity contribution in [2.45, 2.75) is 51.7 Å². The fourth-order valence-corrected chi connectivity index (χ4v) is 3.70. The summed E-state index contributed by atoms with van der Waals surface area (Å²) in [5.74, 6) is 0.982. The second-order valence-corrected chi connectivity index (χ2v) is 7.53. The highest BCUT2D eigenvalue weighted by atomic mass is 32.2. The van der Waals surface area contributed by atoms with Gasteiger partial charge in [0.1, 0.15) is 0 Å². The van der Waals surface area contributed by atoms with Gasteiger partial charge in [-0.3, -0.25) is 0 Å². The molecular weight excluding hydrogens is 308 g/mol. The predicted molar refractivity (Wildman–Crippen MR) is 80.5 cm³/mol. The number of piperidine rings is 1. The molecule has 1 aliphatic heterocycles. The van der Waals surface area contributed by atoms with E-state index < -0.39 is 16.3 Å². The van der Waals surface area contributed by atoms with Crippen molar-refractivity contribution in [2.75, 3.05) is 20.2 Å². The van der Waals surface area contributed by atoms with Crippen LogP contribution in [0, 0.1) is 0 Å². The monoisotopic (exact) mass is 332 g/mol. The van der Waals surface area contributed by atoms with E-state index >= 15 is 0 Å². The van der Waals surface area contributed by atoms with Crippen molar-refractivity contribution >= 4 is 10.2 Å². The zero-order valence-electron chi connectivity index (χ0n) is 13.4. The first kappa shape index (κ1) is 17.3. The van der Waals surface area contributed by atoms with Crippen molar-refractivity contribution in [3.8, 4) is 0 Å². The summed E-state index contributed by atoms with van der Waals surface area (Å²) in [5.41, 5.74) is 0. The molecule has 2 heterocycles. The van der Waals surface area contributed by atoms with E-state index in [-0.39, 0.29) is 17.9 Å². The van der Waals surface area contributed by atoms with E-state index in [9.17, 15) is 8.42 Å². The largest absolute Gasteiger partial charge is 0.381 e. The summed E-state index contributed by atoms with van der Waals surface area (Å²) in [6.07, 6.45) is 1.53. The topological polar surface area (TPSA) is 97.6 Å². The van der Waals surface area contributed by atoms with E-state index in [0.717, 1.165) is 0 Å². The van der Waals surface area contributed by atoms with Crippen LogP contribution < -0.4 is 4.72 Å². The molecule has 2 rings (SSSR count). The lowest BCUT2D eigenvalue weighted by Crippen LogP contribution is -2.46. The number of hydrogen-bond acceptors (Lipinski definition) is 6. The van der Waals surface area contributed by atoms with Crippen LogP contribution in [0.15, 0.2) is 4.52 Å². The molecule has 1 saturated heterocycles. The average molecular weight is 332 g/mol. The molecule has 1 N–H and O–H groups in total. The molecule has 8 nitrogen and oxygen atoms in total. The maximum Gasteiger partial charge on any atom is 0.280 e. The molecule has 0 aromatic carbocycles. The summed E-state index contributed by atoms with van der Waals surface area (Å²) in [5, 5.41) is 3.85. The number of hydrogen-bond donors (Lipinski definition) is 1. The second-order valence-electron chi connectivity index (χ2n) is 5.82. The number of nitrogens with zero attached hydrogens (tertiary/aromatic N) is 3. The third kappa shape index (κ3) is 4.03. The Hall–Kier alpha value is -1.03. The van der Waals surface area contributed by atoms with Crippen molar-refractivity contribution in [3.05, 3.63) is 11.7 Å². The average Bonchev–Trinajstić information content (AvgIpc) is 2.97. The Morgan fingerprint density at radius 3 is 2.45 bits per heavy atom. The third-order valence-electron chi connectivity index (χ3n) is 3.74. The molecule has 0 unspecified atom stereocenters. The van der Waals surface area contributed by atoms with Crippen LogP contribution in [-0.2, 0) is 14.9 Å². The fourth-order valence-electron chi connectivity index (χ4n) is 2.31. The van der Waals surface area contributed by atoms with Gasteiger partial charge in [0.15, 0.2) is 5.82 Å². The highest BCUT2D eigenvalue weighted by Crippen LogP contribution is 2.19. The van der Waals surface area contributed by atoms with Crippen molar-refractivity contribution in [2.24, 2.45) is 0 Å². The van der Waals surface area contributed by atoms with Gasteiger partial charge in [0.2, 0.25) is 5.89 Å². The van der Waals surface area contributed by atoms with Crippen LogP contribution in [0.5, 0.6) is 0 Å². The Balaban J connectivity index is 1.98. The molecule has 0 saturated carbocycles. The molecule has 1 aliphatic rings. The van der Waals surface area contributed by atoms with E-state index in [1.54, 1.807) is 14.0 Å². The van der Waals surface area contributed by atoms with Gasteiger partial charge < -0.3 is 9.26 Å². The number of methoxy groups -OCH3 is 1. The van der Waals surface area contributed by atoms with Crippen molar-refractivity contribution in [3.63, 3.8) is 0 Å². The standard InChI is InChI=1S/C13H24N4O4S/c1-9(2)12-14-13(21-15-12)10(3)16-22(18,19)17-7-5-11(20-4)6-8-17/h9-11,16H,5-8H2,1-4H3/t10-/m0/s1. The SMILES string of the molecule is COC1CCN(S(=O)(=O)N[C@@H](C)c2nc(C(C)C)no2)CC1. The summed E-state index contributed by atoms with van der Waals surface area (Å²) >= 11 is 0. The van der Waals surface area contributed by atoms with Gasteiger partial charge in [-0.2, -0.15) is 22.4 Å². The minimum atomic E-state index is -3.57. The Kier molecular flexibility index (Phi) is 5.54. The van der Waals surface area contributed by atoms with Crippen molar-refractivity contribution in [1.29, 1.82) is 0 Å². The van der Waals surface area contributed by atoms with Crippen LogP contribution in [0.1, 0.15) is 57.3 Å². The molecule has 0 spiro atoms. The number of nitrogens with one attached hydrogen (secondary N) is 1. The molecule has 22 heavy (non-hydrogen) atoms. The first-order chi connectivity index (χ1) is 10.3. The van der Waals surface area contributed by atoms with Crippen LogP contribution in [0.3, 0.4) is 0 Å². The van der Waals surface area contributed by atoms with E-state index in [2.05, 4.69) is 14.9 Å². The maximum atomic E-state index is 12.4. The predicted octanol–water partition coefficient (Wildman–Crippen LogP) is 1.20. The van der Waals surface area contributed by atoms with Crippen LogP contribution in [0.25, 0.3) is 0 Å². The Bertz CT molecular complexity index is 579. The van der Waals surface area contributed by atoms with E-state index in [0.29, 0.717) is 31.8 Å². The van der Waals surface area contributed by atoms with Crippen LogP contribution in [0.2, 0.25) is 0 Å². The van der Waals surface area contributed by atoms with Crippen molar-refractivity contribution < 1.29 is 17.7 Å². The lowest BCUT2D eigenvalue weighted by molar-refractivity contribution is 0.0601. The van der Waals surface area contributed by atoms with E-state index in [1.165, 1.54) is 4.31 Å². The highest BCUT2D eigenvalue weighted by molar-refractivity contribution is 7.87. The molecular formula is C13H24N4O4S. The van der Waals surface area contributed by atoms with E-state index in [4.69, 9.17) is 9.26 Å². The molecule has 0 amide bonds. The summed E-state index contributed by atoms with van der Waals surface area (Å²) in [7, 11) is -1.92. The molecule has 126 valence electrons. The molecule has 1 aromatic rings. The summed E-state index contributed by atoms with van der Waals surface area (Å²) < 4.78 is 39.2. The first-order valence-corrected chi connectivity index (χ1v) is 8.91. The zero-order valence-corrected chi connectivity index (χ0v) is 14.3. The van der Waals surface area contributed by atoms with Crippen molar-refractivity contribution in [1.82, 2.24) is 19.2 Å². The molecule has 0 bridgehead atoms. The van der Waals surface area contributed by atoms with E-state index in [1.807, 2.05) is 13.8 Å². The van der Waals surface area contributed by atoms with Gasteiger partial charge in [-0.05, 0) is 19.8 Å². The fraction of sp³-hybridized carbons (Fsp3) is 0.846. The molecule has 1 aromatic heterocycles. The summed E-state index contributed by atoms with van der Waals surface area (Å²) in [6, 6.07) is -0.565.